The summed E-state index contributed by atoms with van der Waals surface area (Å²) in [5.74, 6) is -1.62. The number of amides is 2. The number of nitrogens with zero attached hydrogens (tertiary/aromatic N) is 5. The van der Waals surface area contributed by atoms with E-state index in [-0.39, 0.29) is 31.1 Å². The van der Waals surface area contributed by atoms with Gasteiger partial charge >= 0.3 is 0 Å². The first-order valence-electron chi connectivity index (χ1n) is 11.9. The van der Waals surface area contributed by atoms with Gasteiger partial charge in [-0.3, -0.25) is 19.2 Å². The quantitative estimate of drug-likeness (QED) is 0.511. The molecule has 11 nitrogen and oxygen atoms in total. The van der Waals surface area contributed by atoms with Crippen molar-refractivity contribution >= 4 is 23.3 Å². The third-order valence-electron chi connectivity index (χ3n) is 6.76. The van der Waals surface area contributed by atoms with E-state index in [1.807, 2.05) is 18.2 Å². The lowest BCUT2D eigenvalue weighted by atomic mass is 9.94. The van der Waals surface area contributed by atoms with Crippen LogP contribution in [-0.4, -0.2) is 81.8 Å². The van der Waals surface area contributed by atoms with Crippen molar-refractivity contribution in [1.82, 2.24) is 24.3 Å². The van der Waals surface area contributed by atoms with Gasteiger partial charge in [-0.2, -0.15) is 0 Å². The fourth-order valence-corrected chi connectivity index (χ4v) is 4.72. The Kier molecular flexibility index (Phi) is 6.43. The van der Waals surface area contributed by atoms with Gasteiger partial charge in [-0.15, -0.1) is 0 Å². The van der Waals surface area contributed by atoms with E-state index in [1.54, 1.807) is 30.3 Å². The molecule has 0 radical (unpaired) electrons. The predicted octanol–water partition coefficient (Wildman–Crippen LogP) is 0.914. The number of Topliss-reactive ketones (excluding diaryl/α,β-unsaturated/α-hetero) is 1. The van der Waals surface area contributed by atoms with E-state index >= 15 is 0 Å². The molecule has 1 atom stereocenters. The number of aryl methyl sites for hydroxylation is 1. The Hall–Kier alpha value is -4.54. The van der Waals surface area contributed by atoms with E-state index in [0.29, 0.717) is 47.0 Å². The Morgan fingerprint density at radius 2 is 1.70 bits per heavy atom. The highest BCUT2D eigenvalue weighted by Gasteiger charge is 2.40. The molecule has 2 aromatic heterocycles. The van der Waals surface area contributed by atoms with Crippen molar-refractivity contribution in [2.45, 2.75) is 5.92 Å². The minimum atomic E-state index is -0.768. The molecule has 1 fully saturated rings. The molecule has 2 amide bonds. The van der Waals surface area contributed by atoms with E-state index < -0.39 is 17.6 Å². The van der Waals surface area contributed by atoms with E-state index in [0.717, 1.165) is 0 Å². The number of methoxy groups -OCH3 is 1. The van der Waals surface area contributed by atoms with Crippen molar-refractivity contribution in [3.63, 3.8) is 0 Å². The smallest absolute Gasteiger partial charge is 0.290 e. The number of carbonyl (C=O) groups excluding carboxylic acids is 3. The van der Waals surface area contributed by atoms with E-state index in [4.69, 9.17) is 4.74 Å². The topological polar surface area (TPSA) is 127 Å². The summed E-state index contributed by atoms with van der Waals surface area (Å²) in [5.41, 5.74) is 2.34. The van der Waals surface area contributed by atoms with Crippen LogP contribution in [-0.2, 0) is 16.6 Å². The number of hydrogen-bond donors (Lipinski definition) is 1. The molecule has 0 bridgehead atoms. The maximum Gasteiger partial charge on any atom is 0.290 e. The lowest BCUT2D eigenvalue weighted by molar-refractivity contribution is -0.146. The highest BCUT2D eigenvalue weighted by atomic mass is 16.5. The largest absolute Gasteiger partial charge is 0.495 e. The Morgan fingerprint density at radius 1 is 1.00 bits per heavy atom. The van der Waals surface area contributed by atoms with Crippen molar-refractivity contribution in [3.05, 3.63) is 70.4 Å². The van der Waals surface area contributed by atoms with Gasteiger partial charge in [0, 0.05) is 57.1 Å². The van der Waals surface area contributed by atoms with Crippen molar-refractivity contribution in [2.75, 3.05) is 45.2 Å². The zero-order valence-electron chi connectivity index (χ0n) is 20.5. The minimum Gasteiger partial charge on any atom is -0.495 e. The second-order valence-electron chi connectivity index (χ2n) is 8.93. The summed E-state index contributed by atoms with van der Waals surface area (Å²) in [7, 11) is 3.09. The third kappa shape index (κ3) is 4.44. The predicted molar refractivity (Wildman–Crippen MR) is 134 cm³/mol. The third-order valence-corrected chi connectivity index (χ3v) is 6.76. The van der Waals surface area contributed by atoms with Crippen LogP contribution in [0, 0.1) is 0 Å². The van der Waals surface area contributed by atoms with E-state index in [2.05, 4.69) is 15.3 Å². The summed E-state index contributed by atoms with van der Waals surface area (Å²) >= 11 is 0. The highest BCUT2D eigenvalue weighted by Crippen LogP contribution is 2.43. The van der Waals surface area contributed by atoms with Crippen molar-refractivity contribution in [3.8, 4) is 17.1 Å². The molecule has 1 aromatic carbocycles. The maximum atomic E-state index is 13.4. The zero-order valence-corrected chi connectivity index (χ0v) is 20.5. The van der Waals surface area contributed by atoms with Crippen molar-refractivity contribution in [2.24, 2.45) is 7.05 Å². The normalized spacial score (nSPS) is 16.6. The number of aromatic nitrogens is 3. The molecule has 0 saturated carbocycles. The van der Waals surface area contributed by atoms with Gasteiger partial charge in [0.1, 0.15) is 17.1 Å². The van der Waals surface area contributed by atoms with Crippen LogP contribution in [0.5, 0.6) is 5.75 Å². The molecular formula is C26H26N6O5. The second kappa shape index (κ2) is 9.84. The summed E-state index contributed by atoms with van der Waals surface area (Å²) in [6, 6.07) is 8.98. The highest BCUT2D eigenvalue weighted by molar-refractivity contribution is 6.38. The number of ketones is 1. The summed E-state index contributed by atoms with van der Waals surface area (Å²) in [6.07, 6.45) is 4.26. The summed E-state index contributed by atoms with van der Waals surface area (Å²) in [5, 5.41) is 3.19. The monoisotopic (exact) mass is 502 g/mol. The number of ether oxygens (including phenoxy) is 1. The second-order valence-corrected chi connectivity index (χ2v) is 8.93. The SMILES string of the molecule is COc1cnc(-c2cn(C)c(=O)cn2)c2c1C(C(=O)C(=O)N1CCN(C(=O)c3ccccc3)CC1)CN2. The molecule has 0 spiro atoms. The molecule has 11 heteroatoms. The Morgan fingerprint density at radius 3 is 2.38 bits per heavy atom. The van der Waals surface area contributed by atoms with Gasteiger partial charge in [-0.25, -0.2) is 9.97 Å². The molecular weight excluding hydrogens is 476 g/mol. The molecule has 37 heavy (non-hydrogen) atoms. The number of nitrogens with one attached hydrogen (secondary N) is 1. The molecule has 1 unspecified atom stereocenters. The fourth-order valence-electron chi connectivity index (χ4n) is 4.72. The summed E-state index contributed by atoms with van der Waals surface area (Å²) in [4.78, 5) is 62.9. The van der Waals surface area contributed by atoms with Gasteiger partial charge in [0.25, 0.3) is 17.4 Å². The molecule has 190 valence electrons. The Bertz CT molecular complexity index is 1430. The maximum absolute atomic E-state index is 13.4. The molecule has 3 aromatic rings. The molecule has 2 aliphatic heterocycles. The van der Waals surface area contributed by atoms with Crippen LogP contribution in [0.2, 0.25) is 0 Å². The molecule has 1 N–H and O–H groups in total. The number of carbonyl (C=O) groups is 3. The van der Waals surface area contributed by atoms with Crippen LogP contribution < -0.4 is 15.6 Å². The van der Waals surface area contributed by atoms with E-state index in [1.165, 1.54) is 29.0 Å². The van der Waals surface area contributed by atoms with Crippen molar-refractivity contribution < 1.29 is 19.1 Å². The average molecular weight is 503 g/mol. The summed E-state index contributed by atoms with van der Waals surface area (Å²) < 4.78 is 6.87. The van der Waals surface area contributed by atoms with Crippen LogP contribution in [0.1, 0.15) is 21.8 Å². The number of fused-ring (bicyclic) bond motifs is 1. The van der Waals surface area contributed by atoms with E-state index in [9.17, 15) is 19.2 Å². The van der Waals surface area contributed by atoms with Crippen LogP contribution in [0.4, 0.5) is 5.69 Å². The average Bonchev–Trinajstić information content (AvgIpc) is 3.39. The van der Waals surface area contributed by atoms with Gasteiger partial charge < -0.3 is 24.4 Å². The van der Waals surface area contributed by atoms with Gasteiger partial charge in [-0.05, 0) is 12.1 Å². The standard InChI is InChI=1S/C26H26N6O5/c1-30-15-18(27-14-20(30)33)22-23-21(19(37-2)13-29-22)17(12-28-23)24(34)26(36)32-10-8-31(9-11-32)25(35)16-6-4-3-5-7-16/h3-7,13-15,17,28H,8-12H2,1-2H3. The number of anilines is 1. The van der Waals surface area contributed by atoms with Crippen LogP contribution >= 0.6 is 0 Å². The first kappa shape index (κ1) is 24.2. The number of rotatable bonds is 5. The number of hydrogen-bond acceptors (Lipinski definition) is 8. The number of benzene rings is 1. The number of pyridine rings is 1. The lowest BCUT2D eigenvalue weighted by Gasteiger charge is -2.34. The fraction of sp³-hybridized carbons (Fsp3) is 0.308. The number of piperazine rings is 1. The molecule has 0 aliphatic carbocycles. The Labute approximate surface area is 212 Å². The molecule has 2 aliphatic rings. The van der Waals surface area contributed by atoms with Gasteiger partial charge in [0.05, 0.1) is 31.1 Å². The Balaban J connectivity index is 1.34. The zero-order chi connectivity index (χ0) is 26.1. The molecule has 1 saturated heterocycles. The molecule has 5 rings (SSSR count). The van der Waals surface area contributed by atoms with Crippen LogP contribution in [0.15, 0.2) is 53.7 Å². The van der Waals surface area contributed by atoms with Gasteiger partial charge in [0.2, 0.25) is 5.78 Å². The van der Waals surface area contributed by atoms with Crippen LogP contribution in [0.25, 0.3) is 11.4 Å². The summed E-state index contributed by atoms with van der Waals surface area (Å²) in [6.45, 7) is 1.45. The lowest BCUT2D eigenvalue weighted by Crippen LogP contribution is -2.52. The first-order chi connectivity index (χ1) is 17.9. The van der Waals surface area contributed by atoms with Crippen LogP contribution in [0.3, 0.4) is 0 Å². The molecule has 4 heterocycles. The first-order valence-corrected chi connectivity index (χ1v) is 11.9. The van der Waals surface area contributed by atoms with Gasteiger partial charge in [0.15, 0.2) is 0 Å². The van der Waals surface area contributed by atoms with Crippen molar-refractivity contribution in [1.29, 1.82) is 0 Å². The van der Waals surface area contributed by atoms with Gasteiger partial charge in [-0.1, -0.05) is 18.2 Å². The minimum absolute atomic E-state index is 0.0928.